The van der Waals surface area contributed by atoms with Crippen LogP contribution in [0.1, 0.15) is 15.9 Å². The van der Waals surface area contributed by atoms with E-state index in [1.165, 1.54) is 38.5 Å². The van der Waals surface area contributed by atoms with Crippen molar-refractivity contribution in [1.82, 2.24) is 0 Å². The van der Waals surface area contributed by atoms with E-state index in [0.29, 0.717) is 11.5 Å². The van der Waals surface area contributed by atoms with Gasteiger partial charge >= 0.3 is 0 Å². The SMILES string of the molecule is COc1ccc(C(=O)c2ccc(OC)cc2OO)c(OO)c1. The van der Waals surface area contributed by atoms with Crippen LogP contribution in [0, 0.1) is 0 Å². The second-order valence-corrected chi connectivity index (χ2v) is 4.24. The predicted octanol–water partition coefficient (Wildman–Crippen LogP) is 2.64. The first-order valence-corrected chi connectivity index (χ1v) is 6.18. The first-order valence-electron chi connectivity index (χ1n) is 6.18. The van der Waals surface area contributed by atoms with E-state index in [4.69, 9.17) is 20.0 Å². The number of methoxy groups -OCH3 is 2. The summed E-state index contributed by atoms with van der Waals surface area (Å²) in [6, 6.07) is 8.65. The van der Waals surface area contributed by atoms with Crippen molar-refractivity contribution in [3.8, 4) is 23.0 Å². The zero-order valence-electron chi connectivity index (χ0n) is 11.9. The summed E-state index contributed by atoms with van der Waals surface area (Å²) in [5.41, 5.74) is 0.151. The summed E-state index contributed by atoms with van der Waals surface area (Å²) >= 11 is 0. The standard InChI is InChI=1S/C15H14O7/c1-19-9-3-5-11(13(7-9)21-17)15(16)12-6-4-10(20-2)8-14(12)22-18/h3-8,17-18H,1-2H3. The van der Waals surface area contributed by atoms with Crippen LogP contribution in [0.4, 0.5) is 0 Å². The van der Waals surface area contributed by atoms with E-state index in [1.807, 2.05) is 0 Å². The summed E-state index contributed by atoms with van der Waals surface area (Å²) in [4.78, 5) is 21.0. The van der Waals surface area contributed by atoms with Crippen molar-refractivity contribution in [2.45, 2.75) is 0 Å². The summed E-state index contributed by atoms with van der Waals surface area (Å²) in [5.74, 6) is 0.148. The maximum atomic E-state index is 12.5. The van der Waals surface area contributed by atoms with Crippen LogP contribution >= 0.6 is 0 Å². The monoisotopic (exact) mass is 306 g/mol. The lowest BCUT2D eigenvalue weighted by molar-refractivity contribution is -0.138. The van der Waals surface area contributed by atoms with Crippen LogP contribution < -0.4 is 19.2 Å². The largest absolute Gasteiger partial charge is 0.497 e. The molecule has 0 bridgehead atoms. The molecule has 2 rings (SSSR count). The van der Waals surface area contributed by atoms with Gasteiger partial charge in [-0.1, -0.05) is 0 Å². The number of ketones is 1. The highest BCUT2D eigenvalue weighted by Gasteiger charge is 2.21. The van der Waals surface area contributed by atoms with Crippen LogP contribution in [0.25, 0.3) is 0 Å². The Morgan fingerprint density at radius 2 is 1.23 bits per heavy atom. The van der Waals surface area contributed by atoms with E-state index in [9.17, 15) is 4.79 Å². The van der Waals surface area contributed by atoms with Crippen molar-refractivity contribution in [2.75, 3.05) is 14.2 Å². The molecule has 0 heterocycles. The quantitative estimate of drug-likeness (QED) is 0.481. The summed E-state index contributed by atoms with van der Waals surface area (Å²) in [5, 5.41) is 17.9. The number of carbonyl (C=O) groups is 1. The van der Waals surface area contributed by atoms with E-state index in [1.54, 1.807) is 12.1 Å². The minimum absolute atomic E-state index is 0.0757. The third kappa shape index (κ3) is 2.95. The summed E-state index contributed by atoms with van der Waals surface area (Å²) in [7, 11) is 2.89. The van der Waals surface area contributed by atoms with Crippen molar-refractivity contribution < 1.29 is 34.6 Å². The van der Waals surface area contributed by atoms with Gasteiger partial charge in [0, 0.05) is 12.1 Å². The number of benzene rings is 2. The number of ether oxygens (including phenoxy) is 2. The van der Waals surface area contributed by atoms with Crippen molar-refractivity contribution >= 4 is 5.78 Å². The Labute approximate surface area is 126 Å². The molecule has 2 aromatic carbocycles. The van der Waals surface area contributed by atoms with Crippen LogP contribution in [0.3, 0.4) is 0 Å². The zero-order valence-corrected chi connectivity index (χ0v) is 11.9. The van der Waals surface area contributed by atoms with E-state index in [-0.39, 0.29) is 22.6 Å². The molecule has 2 N–H and O–H groups in total. The van der Waals surface area contributed by atoms with Gasteiger partial charge in [0.05, 0.1) is 25.3 Å². The van der Waals surface area contributed by atoms with E-state index in [0.717, 1.165) is 0 Å². The molecule has 116 valence electrons. The molecule has 0 aliphatic carbocycles. The van der Waals surface area contributed by atoms with Crippen LogP contribution in [0.15, 0.2) is 36.4 Å². The topological polar surface area (TPSA) is 94.5 Å². The van der Waals surface area contributed by atoms with Gasteiger partial charge in [0.2, 0.25) is 5.78 Å². The van der Waals surface area contributed by atoms with Crippen molar-refractivity contribution in [2.24, 2.45) is 0 Å². The van der Waals surface area contributed by atoms with Gasteiger partial charge in [0.25, 0.3) is 0 Å². The maximum Gasteiger partial charge on any atom is 0.200 e. The van der Waals surface area contributed by atoms with Crippen molar-refractivity contribution in [3.05, 3.63) is 47.5 Å². The minimum Gasteiger partial charge on any atom is -0.497 e. The molecule has 7 nitrogen and oxygen atoms in total. The molecule has 0 fully saturated rings. The first-order chi connectivity index (χ1) is 10.6. The second-order valence-electron chi connectivity index (χ2n) is 4.24. The smallest absolute Gasteiger partial charge is 0.200 e. The normalized spacial score (nSPS) is 10.0. The fourth-order valence-corrected chi connectivity index (χ4v) is 1.93. The molecule has 7 heteroatoms. The number of hydrogen-bond acceptors (Lipinski definition) is 7. The molecule has 0 spiro atoms. The third-order valence-electron chi connectivity index (χ3n) is 3.06. The minimum atomic E-state index is -0.515. The van der Waals surface area contributed by atoms with E-state index in [2.05, 4.69) is 9.78 Å². The van der Waals surface area contributed by atoms with Gasteiger partial charge in [0.1, 0.15) is 11.5 Å². The molecular weight excluding hydrogens is 292 g/mol. The number of carbonyl (C=O) groups excluding carboxylic acids is 1. The van der Waals surface area contributed by atoms with Gasteiger partial charge < -0.3 is 19.2 Å². The maximum absolute atomic E-state index is 12.5. The molecule has 0 aliphatic rings. The lowest BCUT2D eigenvalue weighted by Crippen LogP contribution is -2.06. The van der Waals surface area contributed by atoms with Crippen molar-refractivity contribution in [3.63, 3.8) is 0 Å². The highest BCUT2D eigenvalue weighted by Crippen LogP contribution is 2.31. The van der Waals surface area contributed by atoms with Crippen LogP contribution in [-0.4, -0.2) is 30.5 Å². The Morgan fingerprint density at radius 1 is 0.818 bits per heavy atom. The highest BCUT2D eigenvalue weighted by atomic mass is 17.1. The van der Waals surface area contributed by atoms with E-state index < -0.39 is 5.78 Å². The third-order valence-corrected chi connectivity index (χ3v) is 3.06. The molecule has 0 aromatic heterocycles. The fourth-order valence-electron chi connectivity index (χ4n) is 1.93. The second kappa shape index (κ2) is 6.79. The Morgan fingerprint density at radius 3 is 1.55 bits per heavy atom. The molecule has 0 amide bonds. The Kier molecular flexibility index (Phi) is 4.82. The van der Waals surface area contributed by atoms with Crippen LogP contribution in [-0.2, 0) is 0 Å². The first kappa shape index (κ1) is 15.6. The highest BCUT2D eigenvalue weighted by molar-refractivity contribution is 6.12. The van der Waals surface area contributed by atoms with Crippen LogP contribution in [0.5, 0.6) is 23.0 Å². The molecule has 0 aliphatic heterocycles. The molecule has 2 aromatic rings. The van der Waals surface area contributed by atoms with Gasteiger partial charge in [-0.05, 0) is 24.3 Å². The van der Waals surface area contributed by atoms with Gasteiger partial charge in [-0.2, -0.15) is 0 Å². The molecule has 0 atom stereocenters. The molecule has 0 saturated carbocycles. The number of hydrogen-bond donors (Lipinski definition) is 2. The summed E-state index contributed by atoms with van der Waals surface area (Å²) in [6.45, 7) is 0. The summed E-state index contributed by atoms with van der Waals surface area (Å²) in [6.07, 6.45) is 0. The van der Waals surface area contributed by atoms with Crippen molar-refractivity contribution in [1.29, 1.82) is 0 Å². The summed E-state index contributed by atoms with van der Waals surface area (Å²) < 4.78 is 9.98. The molecule has 22 heavy (non-hydrogen) atoms. The fraction of sp³-hybridized carbons (Fsp3) is 0.133. The Hall–Kier alpha value is -2.77. The Balaban J connectivity index is 2.48. The predicted molar refractivity (Wildman–Crippen MR) is 75.9 cm³/mol. The zero-order chi connectivity index (χ0) is 16.1. The van der Waals surface area contributed by atoms with Gasteiger partial charge in [-0.25, -0.2) is 10.5 Å². The average molecular weight is 306 g/mol. The van der Waals surface area contributed by atoms with Gasteiger partial charge in [0.15, 0.2) is 11.5 Å². The van der Waals surface area contributed by atoms with E-state index >= 15 is 0 Å². The Bertz CT molecular complexity index is 624. The lowest BCUT2D eigenvalue weighted by atomic mass is 10.0. The molecular formula is C15H14O7. The molecule has 0 saturated heterocycles. The van der Waals surface area contributed by atoms with Gasteiger partial charge in [-0.15, -0.1) is 0 Å². The lowest BCUT2D eigenvalue weighted by Gasteiger charge is -2.10. The molecule has 0 radical (unpaired) electrons. The molecule has 0 unspecified atom stereocenters. The average Bonchev–Trinajstić information content (AvgIpc) is 2.59. The number of rotatable bonds is 6. The van der Waals surface area contributed by atoms with Gasteiger partial charge in [-0.3, -0.25) is 4.79 Å². The van der Waals surface area contributed by atoms with Crippen LogP contribution in [0.2, 0.25) is 0 Å².